The number of carboxylic acids is 1. The number of sulfone groups is 1. The fraction of sp³-hybridized carbons (Fsp3) is 0.231. The van der Waals surface area contributed by atoms with E-state index in [4.69, 9.17) is 14.4 Å². The smallest absolute Gasteiger partial charge is 0.335 e. The van der Waals surface area contributed by atoms with Gasteiger partial charge in [0.1, 0.15) is 12.4 Å². The molecule has 0 saturated heterocycles. The number of hydrogen-bond acceptors (Lipinski definition) is 6. The Morgan fingerprint density at radius 3 is 2.57 bits per heavy atom. The highest BCUT2D eigenvalue weighted by atomic mass is 32.2. The largest absolute Gasteiger partial charge is 0.478 e. The number of aromatic carboxylic acids is 1. The Morgan fingerprint density at radius 2 is 2.00 bits per heavy atom. The van der Waals surface area contributed by atoms with E-state index in [0.29, 0.717) is 5.76 Å². The van der Waals surface area contributed by atoms with Gasteiger partial charge in [0.05, 0.1) is 16.2 Å². The summed E-state index contributed by atoms with van der Waals surface area (Å²) in [6.45, 7) is 0.209. The number of nitrogens with zero attached hydrogens (tertiary/aromatic N) is 1. The fourth-order valence-corrected chi connectivity index (χ4v) is 2.96. The van der Waals surface area contributed by atoms with Crippen LogP contribution in [0.5, 0.6) is 0 Å². The lowest BCUT2D eigenvalue weighted by Gasteiger charge is -2.02. The predicted octanol–water partition coefficient (Wildman–Crippen LogP) is 1.49. The lowest BCUT2D eigenvalue weighted by molar-refractivity contribution is 0.0696. The van der Waals surface area contributed by atoms with E-state index in [0.717, 1.165) is 0 Å². The summed E-state index contributed by atoms with van der Waals surface area (Å²) in [5.74, 6) is -1.00. The molecule has 0 atom stereocenters. The van der Waals surface area contributed by atoms with Crippen molar-refractivity contribution in [2.75, 3.05) is 7.11 Å². The maximum atomic E-state index is 12.2. The van der Waals surface area contributed by atoms with Gasteiger partial charge in [0.15, 0.2) is 15.6 Å². The van der Waals surface area contributed by atoms with Crippen molar-refractivity contribution in [3.8, 4) is 0 Å². The standard InChI is InChI=1S/C13H13NO6S/c1-19-7-11-6-10(14-20-11)8-21(17,18)12-4-2-9(3-5-12)13(15)16/h2-6H,7-8H2,1H3,(H,15,16). The number of carboxylic acid groups (broad SMARTS) is 1. The van der Waals surface area contributed by atoms with Gasteiger partial charge in [0.25, 0.3) is 0 Å². The first-order chi connectivity index (χ1) is 9.92. The van der Waals surface area contributed by atoms with E-state index in [1.807, 2.05) is 0 Å². The molecule has 0 aliphatic carbocycles. The van der Waals surface area contributed by atoms with Gasteiger partial charge in [0.2, 0.25) is 0 Å². The third-order valence-electron chi connectivity index (χ3n) is 2.69. The Labute approximate surface area is 121 Å². The van der Waals surface area contributed by atoms with Gasteiger partial charge < -0.3 is 14.4 Å². The van der Waals surface area contributed by atoms with Crippen molar-refractivity contribution < 1.29 is 27.6 Å². The van der Waals surface area contributed by atoms with Crippen LogP contribution in [0, 0.1) is 0 Å². The Kier molecular flexibility index (Phi) is 4.39. The molecule has 2 rings (SSSR count). The Morgan fingerprint density at radius 1 is 1.33 bits per heavy atom. The van der Waals surface area contributed by atoms with E-state index in [2.05, 4.69) is 5.16 Å². The summed E-state index contributed by atoms with van der Waals surface area (Å²) in [6.07, 6.45) is 0. The molecule has 21 heavy (non-hydrogen) atoms. The summed E-state index contributed by atoms with van der Waals surface area (Å²) in [5.41, 5.74) is 0.294. The highest BCUT2D eigenvalue weighted by molar-refractivity contribution is 7.90. The fourth-order valence-electron chi connectivity index (χ4n) is 1.72. The van der Waals surface area contributed by atoms with E-state index >= 15 is 0 Å². The molecule has 0 aliphatic rings. The molecule has 0 fully saturated rings. The van der Waals surface area contributed by atoms with Gasteiger partial charge in [0, 0.05) is 13.2 Å². The summed E-state index contributed by atoms with van der Waals surface area (Å²) < 4.78 is 34.2. The number of benzene rings is 1. The van der Waals surface area contributed by atoms with Crippen molar-refractivity contribution in [2.45, 2.75) is 17.3 Å². The van der Waals surface area contributed by atoms with Crippen LogP contribution in [0.3, 0.4) is 0 Å². The first-order valence-electron chi connectivity index (χ1n) is 5.92. The molecule has 0 unspecified atom stereocenters. The zero-order valence-electron chi connectivity index (χ0n) is 11.1. The van der Waals surface area contributed by atoms with Gasteiger partial charge in [-0.25, -0.2) is 13.2 Å². The molecule has 1 aromatic carbocycles. The van der Waals surface area contributed by atoms with Gasteiger partial charge in [-0.2, -0.15) is 0 Å². The second-order valence-electron chi connectivity index (χ2n) is 4.31. The zero-order chi connectivity index (χ0) is 15.5. The van der Waals surface area contributed by atoms with E-state index < -0.39 is 15.8 Å². The maximum absolute atomic E-state index is 12.2. The number of carbonyl (C=O) groups is 1. The van der Waals surface area contributed by atoms with Crippen LogP contribution in [0.2, 0.25) is 0 Å². The molecule has 0 saturated carbocycles. The Bertz CT molecular complexity index is 732. The van der Waals surface area contributed by atoms with E-state index in [1.54, 1.807) is 0 Å². The molecule has 7 nitrogen and oxygen atoms in total. The quantitative estimate of drug-likeness (QED) is 0.861. The zero-order valence-corrected chi connectivity index (χ0v) is 12.0. The number of methoxy groups -OCH3 is 1. The summed E-state index contributed by atoms with van der Waals surface area (Å²) in [5, 5.41) is 12.4. The second-order valence-corrected chi connectivity index (χ2v) is 6.30. The van der Waals surface area contributed by atoms with Crippen LogP contribution in [0.4, 0.5) is 0 Å². The highest BCUT2D eigenvalue weighted by Crippen LogP contribution is 2.17. The minimum absolute atomic E-state index is 0.0257. The van der Waals surface area contributed by atoms with Gasteiger partial charge in [-0.15, -0.1) is 0 Å². The molecule has 0 amide bonds. The molecule has 1 N–H and O–H groups in total. The summed E-state index contributed by atoms with van der Waals surface area (Å²) in [6, 6.07) is 6.51. The number of hydrogen-bond donors (Lipinski definition) is 1. The molecule has 1 heterocycles. The third kappa shape index (κ3) is 3.67. The lowest BCUT2D eigenvalue weighted by Crippen LogP contribution is -2.06. The average Bonchev–Trinajstić information content (AvgIpc) is 2.86. The van der Waals surface area contributed by atoms with Crippen molar-refractivity contribution in [1.82, 2.24) is 5.16 Å². The van der Waals surface area contributed by atoms with E-state index in [-0.39, 0.29) is 28.5 Å². The van der Waals surface area contributed by atoms with Gasteiger partial charge in [-0.1, -0.05) is 5.16 Å². The molecule has 112 valence electrons. The summed E-state index contributed by atoms with van der Waals surface area (Å²) in [4.78, 5) is 10.8. The normalized spacial score (nSPS) is 11.5. The molecule has 1 aromatic heterocycles. The van der Waals surface area contributed by atoms with Gasteiger partial charge in [-0.05, 0) is 24.3 Å². The molecule has 0 radical (unpaired) electrons. The molecular weight excluding hydrogens is 298 g/mol. The third-order valence-corrected chi connectivity index (χ3v) is 4.36. The van der Waals surface area contributed by atoms with Gasteiger partial charge in [-0.3, -0.25) is 0 Å². The van der Waals surface area contributed by atoms with Crippen LogP contribution in [-0.2, 0) is 26.9 Å². The molecule has 8 heteroatoms. The van der Waals surface area contributed by atoms with Crippen LogP contribution < -0.4 is 0 Å². The maximum Gasteiger partial charge on any atom is 0.335 e. The van der Waals surface area contributed by atoms with Crippen LogP contribution in [0.1, 0.15) is 21.8 Å². The van der Waals surface area contributed by atoms with E-state index in [9.17, 15) is 13.2 Å². The Balaban J connectivity index is 2.18. The van der Waals surface area contributed by atoms with Crippen molar-refractivity contribution >= 4 is 15.8 Å². The predicted molar refractivity (Wildman–Crippen MR) is 71.5 cm³/mol. The first kappa shape index (κ1) is 15.2. The first-order valence-corrected chi connectivity index (χ1v) is 7.57. The molecule has 0 aliphatic heterocycles. The van der Waals surface area contributed by atoms with Gasteiger partial charge >= 0.3 is 5.97 Å². The topological polar surface area (TPSA) is 107 Å². The van der Waals surface area contributed by atoms with Crippen LogP contribution in [-0.4, -0.2) is 31.8 Å². The molecule has 2 aromatic rings. The highest BCUT2D eigenvalue weighted by Gasteiger charge is 2.18. The van der Waals surface area contributed by atoms with Crippen LogP contribution >= 0.6 is 0 Å². The van der Waals surface area contributed by atoms with Crippen molar-refractivity contribution in [2.24, 2.45) is 0 Å². The summed E-state index contributed by atoms with van der Waals surface area (Å²) >= 11 is 0. The number of rotatable bonds is 6. The number of ether oxygens (including phenoxy) is 1. The van der Waals surface area contributed by atoms with Crippen LogP contribution in [0.15, 0.2) is 39.8 Å². The number of aromatic nitrogens is 1. The summed E-state index contributed by atoms with van der Waals surface area (Å²) in [7, 11) is -2.12. The van der Waals surface area contributed by atoms with Crippen molar-refractivity contribution in [3.05, 3.63) is 47.3 Å². The minimum Gasteiger partial charge on any atom is -0.478 e. The van der Waals surface area contributed by atoms with E-state index in [1.165, 1.54) is 37.4 Å². The monoisotopic (exact) mass is 311 g/mol. The second kappa shape index (κ2) is 6.06. The minimum atomic E-state index is -3.61. The molecule has 0 spiro atoms. The lowest BCUT2D eigenvalue weighted by atomic mass is 10.2. The molecule has 0 bridgehead atoms. The molecular formula is C13H13NO6S. The average molecular weight is 311 g/mol. The Hall–Kier alpha value is -2.19. The SMILES string of the molecule is COCc1cc(CS(=O)(=O)c2ccc(C(=O)O)cc2)no1. The van der Waals surface area contributed by atoms with Crippen molar-refractivity contribution in [3.63, 3.8) is 0 Å². The van der Waals surface area contributed by atoms with Crippen LogP contribution in [0.25, 0.3) is 0 Å². The van der Waals surface area contributed by atoms with Crippen molar-refractivity contribution in [1.29, 1.82) is 0 Å².